The van der Waals surface area contributed by atoms with Gasteiger partial charge in [-0.25, -0.2) is 17.6 Å². The fourth-order valence-electron chi connectivity index (χ4n) is 0.951. The first-order chi connectivity index (χ1) is 5.63. The first-order valence-electron chi connectivity index (χ1n) is 4.19. The Morgan fingerprint density at radius 3 is 2.08 bits per heavy atom. The van der Waals surface area contributed by atoms with Crippen LogP contribution in [0.4, 0.5) is 17.6 Å². The molecule has 0 rings (SSSR count). The minimum absolute atomic E-state index is 0.0253. The highest BCUT2D eigenvalue weighted by Crippen LogP contribution is 2.05. The van der Waals surface area contributed by atoms with Crippen LogP contribution in [0.25, 0.3) is 0 Å². The first kappa shape index (κ1) is 12.2. The van der Waals surface area contributed by atoms with Gasteiger partial charge >= 0.3 is 0 Å². The Morgan fingerprint density at radius 2 is 1.58 bits per heavy atom. The van der Waals surface area contributed by atoms with E-state index in [0.29, 0.717) is 12.1 Å². The van der Waals surface area contributed by atoms with Crippen molar-refractivity contribution in [2.24, 2.45) is 0 Å². The predicted molar refractivity (Wildman–Crippen MR) is 48.1 cm³/mol. The van der Waals surface area contributed by atoms with Gasteiger partial charge in [-0.3, -0.25) is 0 Å². The second-order valence-electron chi connectivity index (χ2n) is 2.77. The Bertz CT molecular complexity index is 87.5. The summed E-state index contributed by atoms with van der Waals surface area (Å²) >= 11 is 0. The Morgan fingerprint density at radius 1 is 0.917 bits per heavy atom. The number of rotatable bonds is 7. The van der Waals surface area contributed by atoms with E-state index in [1.807, 2.05) is 0 Å². The molecule has 0 aliphatic rings. The zero-order valence-corrected chi connectivity index (χ0v) is 9.74. The third kappa shape index (κ3) is 10.2. The Balaban J connectivity index is 2.91. The summed E-state index contributed by atoms with van der Waals surface area (Å²) in [6.07, 6.45) is -2.23. The maximum absolute atomic E-state index is 11.6. The van der Waals surface area contributed by atoms with Gasteiger partial charge in [0.1, 0.15) is 9.52 Å². The van der Waals surface area contributed by atoms with Crippen LogP contribution < -0.4 is 0 Å². The zero-order chi connectivity index (χ0) is 9.40. The van der Waals surface area contributed by atoms with Gasteiger partial charge in [0.15, 0.2) is 0 Å². The molecular formula is C6H14F4Si2. The fraction of sp³-hybridized carbons (Fsp3) is 1.00. The smallest absolute Gasteiger partial charge is 0.216 e. The maximum atomic E-state index is 11.6. The van der Waals surface area contributed by atoms with Crippen LogP contribution in [0.2, 0.25) is 18.1 Å². The van der Waals surface area contributed by atoms with Crippen LogP contribution in [0.15, 0.2) is 0 Å². The molecule has 0 saturated heterocycles. The van der Waals surface area contributed by atoms with Crippen molar-refractivity contribution < 1.29 is 17.6 Å². The lowest BCUT2D eigenvalue weighted by molar-refractivity contribution is 0.144. The quantitative estimate of drug-likeness (QED) is 0.345. The van der Waals surface area contributed by atoms with Crippen LogP contribution >= 0.6 is 0 Å². The lowest BCUT2D eigenvalue weighted by Gasteiger charge is -1.99. The minimum atomic E-state index is -2.20. The lowest BCUT2D eigenvalue weighted by Crippen LogP contribution is -2.04. The molecule has 0 spiro atoms. The summed E-state index contributed by atoms with van der Waals surface area (Å²) in [6.45, 7) is 0. The van der Waals surface area contributed by atoms with E-state index in [1.54, 1.807) is 0 Å². The van der Waals surface area contributed by atoms with Crippen LogP contribution in [0.5, 0.6) is 0 Å². The molecule has 6 heteroatoms. The molecule has 0 radical (unpaired) electrons. The highest BCUT2D eigenvalue weighted by atomic mass is 28.2. The SMILES string of the molecule is FC(F)CC[SiH2]CC[SiH2]C(F)F. The van der Waals surface area contributed by atoms with Gasteiger partial charge in [-0.2, -0.15) is 0 Å². The summed E-state index contributed by atoms with van der Waals surface area (Å²) in [7, 11) is -1.64. The van der Waals surface area contributed by atoms with Gasteiger partial charge in [-0.05, 0) is 0 Å². The van der Waals surface area contributed by atoms with E-state index in [4.69, 9.17) is 0 Å². The average Bonchev–Trinajstić information content (AvgIpc) is 1.95. The first-order valence-corrected chi connectivity index (χ1v) is 8.01. The maximum Gasteiger partial charge on any atom is 0.238 e. The Hall–Kier alpha value is 0.154. The molecule has 0 aliphatic heterocycles. The van der Waals surface area contributed by atoms with E-state index < -0.39 is 31.5 Å². The van der Waals surface area contributed by atoms with Gasteiger partial charge in [0.05, 0.1) is 0 Å². The topological polar surface area (TPSA) is 0 Å². The van der Waals surface area contributed by atoms with Crippen LogP contribution in [0.1, 0.15) is 6.42 Å². The van der Waals surface area contributed by atoms with E-state index in [2.05, 4.69) is 0 Å². The van der Waals surface area contributed by atoms with Gasteiger partial charge in [0.25, 0.3) is 0 Å². The van der Waals surface area contributed by atoms with E-state index in [1.165, 1.54) is 0 Å². The van der Waals surface area contributed by atoms with Crippen LogP contribution in [0, 0.1) is 0 Å². The molecule has 0 unspecified atom stereocenters. The van der Waals surface area contributed by atoms with E-state index in [-0.39, 0.29) is 6.42 Å². The fourth-order valence-corrected chi connectivity index (χ4v) is 4.78. The second-order valence-corrected chi connectivity index (χ2v) is 6.80. The minimum Gasteiger partial charge on any atom is -0.216 e. The standard InChI is InChI=1S/C6H14F4Si2/c7-5(8)1-2-11-3-4-12-6(9)10/h5-6H,1-4,11-12H2. The van der Waals surface area contributed by atoms with Crippen LogP contribution in [0.3, 0.4) is 0 Å². The van der Waals surface area contributed by atoms with E-state index in [9.17, 15) is 17.6 Å². The Kier molecular flexibility index (Phi) is 7.88. The predicted octanol–water partition coefficient (Wildman–Crippen LogP) is 1.46. The second kappa shape index (κ2) is 7.78. The number of alkyl halides is 4. The van der Waals surface area contributed by atoms with Crippen LogP contribution in [-0.2, 0) is 0 Å². The largest absolute Gasteiger partial charge is 0.238 e. The Labute approximate surface area is 74.4 Å². The number of hydrogen-bond donors (Lipinski definition) is 0. The van der Waals surface area contributed by atoms with Crippen molar-refractivity contribution in [1.29, 1.82) is 0 Å². The molecule has 0 fully saturated rings. The molecule has 0 amide bonds. The summed E-state index contributed by atoms with van der Waals surface area (Å²) < 4.78 is 46.4. The third-order valence-electron chi connectivity index (χ3n) is 1.59. The summed E-state index contributed by atoms with van der Waals surface area (Å²) in [5, 5.41) is 0. The molecule has 0 aromatic rings. The van der Waals surface area contributed by atoms with Crippen LogP contribution in [-0.4, -0.2) is 31.5 Å². The summed E-state index contributed by atoms with van der Waals surface area (Å²) in [6, 6.07) is 0.000205. The van der Waals surface area contributed by atoms with Gasteiger partial charge in [0.2, 0.25) is 12.5 Å². The highest BCUT2D eigenvalue weighted by molar-refractivity contribution is 6.42. The number of halogens is 4. The molecule has 0 atom stereocenters. The molecule has 0 N–H and O–H groups in total. The van der Waals surface area contributed by atoms with Gasteiger partial charge in [0, 0.05) is 15.9 Å². The number of hydrogen-bond acceptors (Lipinski definition) is 0. The van der Waals surface area contributed by atoms with Crippen molar-refractivity contribution in [2.45, 2.75) is 37.0 Å². The summed E-state index contributed by atoms with van der Waals surface area (Å²) in [4.78, 5) is 0. The summed E-state index contributed by atoms with van der Waals surface area (Å²) in [5.41, 5.74) is 0. The van der Waals surface area contributed by atoms with E-state index in [0.717, 1.165) is 6.04 Å². The van der Waals surface area contributed by atoms with E-state index >= 15 is 0 Å². The molecule has 0 aliphatic carbocycles. The zero-order valence-electron chi connectivity index (χ0n) is 6.91. The van der Waals surface area contributed by atoms with Crippen molar-refractivity contribution in [3.05, 3.63) is 0 Å². The lowest BCUT2D eigenvalue weighted by atomic mass is 10.5. The van der Waals surface area contributed by atoms with Crippen molar-refractivity contribution in [1.82, 2.24) is 0 Å². The monoisotopic (exact) mass is 218 g/mol. The molecule has 0 bridgehead atoms. The van der Waals surface area contributed by atoms with Crippen molar-refractivity contribution in [2.75, 3.05) is 0 Å². The van der Waals surface area contributed by atoms with Crippen molar-refractivity contribution >= 4 is 19.0 Å². The molecule has 74 valence electrons. The molecular weight excluding hydrogens is 204 g/mol. The molecule has 0 aromatic heterocycles. The molecule has 0 aromatic carbocycles. The van der Waals surface area contributed by atoms with Gasteiger partial charge in [-0.1, -0.05) is 18.1 Å². The molecule has 12 heavy (non-hydrogen) atoms. The summed E-state index contributed by atoms with van der Waals surface area (Å²) in [5.74, 6) is 0. The molecule has 0 heterocycles. The van der Waals surface area contributed by atoms with Crippen molar-refractivity contribution in [3.63, 3.8) is 0 Å². The van der Waals surface area contributed by atoms with Crippen molar-refractivity contribution in [3.8, 4) is 0 Å². The third-order valence-corrected chi connectivity index (χ3v) is 5.85. The van der Waals surface area contributed by atoms with Gasteiger partial charge < -0.3 is 0 Å². The average molecular weight is 218 g/mol. The molecule has 0 saturated carbocycles. The van der Waals surface area contributed by atoms with Gasteiger partial charge in [-0.15, -0.1) is 0 Å². The molecule has 0 nitrogen and oxygen atoms in total. The highest BCUT2D eigenvalue weighted by Gasteiger charge is 2.04. The normalized spacial score (nSPS) is 13.5.